The Balaban J connectivity index is 2.38. The van der Waals surface area contributed by atoms with Crippen molar-refractivity contribution in [3.8, 4) is 0 Å². The minimum atomic E-state index is -0.344. The summed E-state index contributed by atoms with van der Waals surface area (Å²) in [7, 11) is 1.53. The molecule has 1 heterocycles. The second-order valence-corrected chi connectivity index (χ2v) is 2.56. The van der Waals surface area contributed by atoms with Crippen molar-refractivity contribution in [3.05, 3.63) is 12.8 Å². The van der Waals surface area contributed by atoms with Crippen LogP contribution in [-0.2, 0) is 14.3 Å². The smallest absolute Gasteiger partial charge is 0.255 e. The number of amides is 1. The van der Waals surface area contributed by atoms with Gasteiger partial charge in [-0.25, -0.2) is 0 Å². The summed E-state index contributed by atoms with van der Waals surface area (Å²) in [6.45, 7) is 4.39. The first-order valence-corrected chi connectivity index (χ1v) is 3.83. The molecule has 1 saturated heterocycles. The van der Waals surface area contributed by atoms with Gasteiger partial charge in [-0.05, 0) is 6.20 Å². The highest BCUT2D eigenvalue weighted by molar-refractivity contribution is 5.83. The molecular formula is C8H13NO3. The van der Waals surface area contributed by atoms with E-state index in [9.17, 15) is 4.79 Å². The Morgan fingerprint density at radius 1 is 1.83 bits per heavy atom. The van der Waals surface area contributed by atoms with Crippen LogP contribution in [0.4, 0.5) is 0 Å². The fraction of sp³-hybridized carbons (Fsp3) is 0.625. The van der Waals surface area contributed by atoms with E-state index in [2.05, 4.69) is 6.58 Å². The quantitative estimate of drug-likeness (QED) is 0.573. The monoisotopic (exact) mass is 171 g/mol. The van der Waals surface area contributed by atoms with Crippen LogP contribution in [0.25, 0.3) is 0 Å². The molecule has 4 heteroatoms. The molecule has 1 amide bonds. The molecule has 0 N–H and O–H groups in total. The van der Waals surface area contributed by atoms with Crippen LogP contribution >= 0.6 is 0 Å². The van der Waals surface area contributed by atoms with Crippen molar-refractivity contribution >= 4 is 5.91 Å². The Morgan fingerprint density at radius 2 is 2.58 bits per heavy atom. The molecule has 0 aromatic carbocycles. The van der Waals surface area contributed by atoms with Crippen LogP contribution in [0, 0.1) is 0 Å². The largest absolute Gasteiger partial charge is 0.359 e. The molecule has 0 saturated carbocycles. The predicted octanol–water partition coefficient (Wildman–Crippen LogP) is 0.351. The summed E-state index contributed by atoms with van der Waals surface area (Å²) < 4.78 is 9.84. The van der Waals surface area contributed by atoms with E-state index in [4.69, 9.17) is 9.47 Å². The van der Waals surface area contributed by atoms with E-state index in [-0.39, 0.29) is 18.8 Å². The molecule has 0 aromatic heterocycles. The third-order valence-corrected chi connectivity index (χ3v) is 1.80. The van der Waals surface area contributed by atoms with Gasteiger partial charge in [0.25, 0.3) is 5.91 Å². The Labute approximate surface area is 71.7 Å². The van der Waals surface area contributed by atoms with Gasteiger partial charge in [0.05, 0.1) is 0 Å². The van der Waals surface area contributed by atoms with E-state index < -0.39 is 0 Å². The molecule has 0 spiro atoms. The highest BCUT2D eigenvalue weighted by atomic mass is 16.7. The zero-order chi connectivity index (χ0) is 8.97. The average Bonchev–Trinajstić information content (AvgIpc) is 2.43. The first kappa shape index (κ1) is 9.22. The van der Waals surface area contributed by atoms with E-state index in [0.717, 1.165) is 0 Å². The lowest BCUT2D eigenvalue weighted by molar-refractivity contribution is -0.142. The molecule has 4 nitrogen and oxygen atoms in total. The number of nitrogens with zero attached hydrogens (tertiary/aromatic N) is 1. The normalized spacial score (nSPS) is 23.2. The van der Waals surface area contributed by atoms with Crippen LogP contribution in [0.2, 0.25) is 0 Å². The van der Waals surface area contributed by atoms with Crippen molar-refractivity contribution in [1.29, 1.82) is 0 Å². The second-order valence-electron chi connectivity index (χ2n) is 2.56. The third-order valence-electron chi connectivity index (χ3n) is 1.80. The molecule has 1 aliphatic rings. The molecule has 0 aromatic rings. The maximum atomic E-state index is 11.3. The number of rotatable bonds is 4. The molecule has 1 fully saturated rings. The Kier molecular flexibility index (Phi) is 3.25. The van der Waals surface area contributed by atoms with Gasteiger partial charge in [0.15, 0.2) is 0 Å². The van der Waals surface area contributed by atoms with Gasteiger partial charge in [-0.3, -0.25) is 4.79 Å². The van der Waals surface area contributed by atoms with Gasteiger partial charge in [-0.1, -0.05) is 6.58 Å². The number of likely N-dealkylation sites (tertiary alicyclic amines) is 1. The lowest BCUT2D eigenvalue weighted by Gasteiger charge is -2.10. The fourth-order valence-electron chi connectivity index (χ4n) is 1.16. The SMILES string of the molecule is C=CN1CCC(OCOC)C1=O. The molecule has 1 aliphatic heterocycles. The van der Waals surface area contributed by atoms with E-state index in [1.54, 1.807) is 4.90 Å². The first-order valence-electron chi connectivity index (χ1n) is 3.83. The van der Waals surface area contributed by atoms with Crippen molar-refractivity contribution < 1.29 is 14.3 Å². The molecular weight excluding hydrogens is 158 g/mol. The fourth-order valence-corrected chi connectivity index (χ4v) is 1.16. The number of hydrogen-bond donors (Lipinski definition) is 0. The summed E-state index contributed by atoms with van der Waals surface area (Å²) in [5.41, 5.74) is 0. The van der Waals surface area contributed by atoms with Crippen LogP contribution in [-0.4, -0.2) is 37.4 Å². The van der Waals surface area contributed by atoms with E-state index in [0.29, 0.717) is 13.0 Å². The van der Waals surface area contributed by atoms with Crippen molar-refractivity contribution in [2.24, 2.45) is 0 Å². The summed E-state index contributed by atoms with van der Waals surface area (Å²) in [6.07, 6.45) is 1.90. The van der Waals surface area contributed by atoms with Crippen LogP contribution in [0.5, 0.6) is 0 Å². The molecule has 0 radical (unpaired) electrons. The summed E-state index contributed by atoms with van der Waals surface area (Å²) in [6, 6.07) is 0. The van der Waals surface area contributed by atoms with Crippen molar-refractivity contribution in [3.63, 3.8) is 0 Å². The van der Waals surface area contributed by atoms with Gasteiger partial charge in [0.1, 0.15) is 12.9 Å². The molecule has 1 atom stereocenters. The Bertz CT molecular complexity index is 181. The maximum absolute atomic E-state index is 11.3. The van der Waals surface area contributed by atoms with Gasteiger partial charge in [-0.15, -0.1) is 0 Å². The summed E-state index contributed by atoms with van der Waals surface area (Å²) in [5, 5.41) is 0. The standard InChI is InChI=1S/C8H13NO3/c1-3-9-5-4-7(8(9)10)12-6-11-2/h3,7H,1,4-6H2,2H3. The predicted molar refractivity (Wildman–Crippen MR) is 43.3 cm³/mol. The lowest BCUT2D eigenvalue weighted by Crippen LogP contribution is -2.27. The number of hydrogen-bond acceptors (Lipinski definition) is 3. The van der Waals surface area contributed by atoms with Crippen LogP contribution in [0.1, 0.15) is 6.42 Å². The molecule has 0 bridgehead atoms. The minimum Gasteiger partial charge on any atom is -0.359 e. The maximum Gasteiger partial charge on any atom is 0.255 e. The zero-order valence-corrected chi connectivity index (χ0v) is 7.16. The second kappa shape index (κ2) is 4.23. The number of methoxy groups -OCH3 is 1. The topological polar surface area (TPSA) is 38.8 Å². The molecule has 12 heavy (non-hydrogen) atoms. The third kappa shape index (κ3) is 1.84. The Hall–Kier alpha value is -0.870. The summed E-state index contributed by atoms with van der Waals surface area (Å²) in [4.78, 5) is 12.9. The molecule has 68 valence electrons. The first-order chi connectivity index (χ1) is 5.79. The molecule has 1 unspecified atom stereocenters. The molecule has 1 rings (SSSR count). The van der Waals surface area contributed by atoms with Crippen LogP contribution < -0.4 is 0 Å². The van der Waals surface area contributed by atoms with Crippen molar-refractivity contribution in [2.45, 2.75) is 12.5 Å². The van der Waals surface area contributed by atoms with Gasteiger partial charge >= 0.3 is 0 Å². The minimum absolute atomic E-state index is 0.0259. The zero-order valence-electron chi connectivity index (χ0n) is 7.16. The van der Waals surface area contributed by atoms with Crippen molar-refractivity contribution in [1.82, 2.24) is 4.90 Å². The lowest BCUT2D eigenvalue weighted by atomic mass is 10.3. The summed E-state index contributed by atoms with van der Waals surface area (Å²) >= 11 is 0. The number of ether oxygens (including phenoxy) is 2. The highest BCUT2D eigenvalue weighted by Crippen LogP contribution is 2.13. The average molecular weight is 171 g/mol. The van der Waals surface area contributed by atoms with E-state index in [1.165, 1.54) is 13.3 Å². The van der Waals surface area contributed by atoms with Crippen LogP contribution in [0.3, 0.4) is 0 Å². The van der Waals surface area contributed by atoms with E-state index >= 15 is 0 Å². The van der Waals surface area contributed by atoms with Gasteiger partial charge in [0, 0.05) is 20.1 Å². The van der Waals surface area contributed by atoms with Crippen LogP contribution in [0.15, 0.2) is 12.8 Å². The van der Waals surface area contributed by atoms with Gasteiger partial charge < -0.3 is 14.4 Å². The number of carbonyl (C=O) groups excluding carboxylic acids is 1. The van der Waals surface area contributed by atoms with Crippen molar-refractivity contribution in [2.75, 3.05) is 20.4 Å². The van der Waals surface area contributed by atoms with Gasteiger partial charge in [0.2, 0.25) is 0 Å². The number of carbonyl (C=O) groups is 1. The van der Waals surface area contributed by atoms with E-state index in [1.807, 2.05) is 0 Å². The molecule has 0 aliphatic carbocycles. The van der Waals surface area contributed by atoms with Gasteiger partial charge in [-0.2, -0.15) is 0 Å². The highest BCUT2D eigenvalue weighted by Gasteiger charge is 2.30. The summed E-state index contributed by atoms with van der Waals surface area (Å²) in [5.74, 6) is -0.0259. The Morgan fingerprint density at radius 3 is 3.08 bits per heavy atom.